The van der Waals surface area contributed by atoms with E-state index in [1.54, 1.807) is 12.1 Å². The number of aromatic nitrogens is 1. The predicted octanol–water partition coefficient (Wildman–Crippen LogP) is 2.61. The summed E-state index contributed by atoms with van der Waals surface area (Å²) in [5.74, 6) is 0.622. The van der Waals surface area contributed by atoms with Crippen molar-refractivity contribution >= 4 is 16.9 Å². The lowest BCUT2D eigenvalue weighted by molar-refractivity contribution is 0.573. The Kier molecular flexibility index (Phi) is 3.43. The van der Waals surface area contributed by atoms with E-state index < -0.39 is 0 Å². The summed E-state index contributed by atoms with van der Waals surface area (Å²) < 4.78 is 18.0. The minimum Gasteiger partial charge on any atom is -0.444 e. The molecule has 3 N–H and O–H groups in total. The molecule has 0 aliphatic heterocycles. The third-order valence-electron chi connectivity index (χ3n) is 2.02. The van der Waals surface area contributed by atoms with Crippen LogP contribution in [0.15, 0.2) is 34.9 Å². The number of halogens is 1. The number of thioether (sulfide) groups is 1. The van der Waals surface area contributed by atoms with Gasteiger partial charge in [-0.05, 0) is 24.3 Å². The van der Waals surface area contributed by atoms with E-state index in [9.17, 15) is 4.39 Å². The molecule has 0 bridgehead atoms. The standard InChI is InChI=1S/C11H10FN3OS/c12-8-3-1-7(2-4-8)10-15-9(5-16-10)6-17-11(13)14/h1-5H,6H2,(H3,13,14). The van der Waals surface area contributed by atoms with E-state index in [4.69, 9.17) is 15.6 Å². The second kappa shape index (κ2) is 5.01. The van der Waals surface area contributed by atoms with Crippen LogP contribution in [0.5, 0.6) is 0 Å². The molecule has 4 nitrogen and oxygen atoms in total. The molecule has 2 aromatic rings. The van der Waals surface area contributed by atoms with E-state index in [-0.39, 0.29) is 11.0 Å². The number of benzene rings is 1. The molecule has 1 heterocycles. The summed E-state index contributed by atoms with van der Waals surface area (Å²) in [5, 5.41) is 7.12. The zero-order chi connectivity index (χ0) is 12.3. The summed E-state index contributed by atoms with van der Waals surface area (Å²) in [6.45, 7) is 0. The Morgan fingerprint density at radius 1 is 1.41 bits per heavy atom. The number of hydrogen-bond acceptors (Lipinski definition) is 4. The lowest BCUT2D eigenvalue weighted by atomic mass is 10.2. The maximum absolute atomic E-state index is 12.7. The van der Waals surface area contributed by atoms with Gasteiger partial charge in [0.05, 0.1) is 5.69 Å². The number of oxazole rings is 1. The van der Waals surface area contributed by atoms with Crippen molar-refractivity contribution in [2.75, 3.05) is 0 Å². The van der Waals surface area contributed by atoms with Gasteiger partial charge in [0.25, 0.3) is 0 Å². The summed E-state index contributed by atoms with van der Waals surface area (Å²) >= 11 is 1.17. The minimum absolute atomic E-state index is 0.0383. The van der Waals surface area contributed by atoms with Crippen molar-refractivity contribution in [3.8, 4) is 11.5 Å². The molecule has 17 heavy (non-hydrogen) atoms. The second-order valence-corrected chi connectivity index (χ2v) is 4.32. The summed E-state index contributed by atoms with van der Waals surface area (Å²) in [6.07, 6.45) is 1.51. The zero-order valence-electron chi connectivity index (χ0n) is 8.81. The SMILES string of the molecule is N=C(N)SCc1coc(-c2ccc(F)cc2)n1. The maximum atomic E-state index is 12.7. The molecule has 1 aromatic heterocycles. The van der Waals surface area contributed by atoms with Gasteiger partial charge in [-0.25, -0.2) is 9.37 Å². The van der Waals surface area contributed by atoms with Crippen LogP contribution >= 0.6 is 11.8 Å². The molecule has 2 rings (SSSR count). The average Bonchev–Trinajstić information content (AvgIpc) is 2.76. The Bertz CT molecular complexity index is 524. The first-order valence-electron chi connectivity index (χ1n) is 4.82. The van der Waals surface area contributed by atoms with Crippen LogP contribution in [0.25, 0.3) is 11.5 Å². The second-order valence-electron chi connectivity index (χ2n) is 3.30. The van der Waals surface area contributed by atoms with E-state index in [1.807, 2.05) is 0 Å². The Morgan fingerprint density at radius 3 is 2.76 bits per heavy atom. The van der Waals surface area contributed by atoms with Crippen LogP contribution in [0.1, 0.15) is 5.69 Å². The fraction of sp³-hybridized carbons (Fsp3) is 0.0909. The number of amidine groups is 1. The van der Waals surface area contributed by atoms with E-state index in [2.05, 4.69) is 4.98 Å². The Morgan fingerprint density at radius 2 is 2.12 bits per heavy atom. The highest BCUT2D eigenvalue weighted by Crippen LogP contribution is 2.20. The lowest BCUT2D eigenvalue weighted by Gasteiger charge is -1.94. The van der Waals surface area contributed by atoms with E-state index >= 15 is 0 Å². The Balaban J connectivity index is 2.12. The van der Waals surface area contributed by atoms with Gasteiger partial charge in [0.1, 0.15) is 12.1 Å². The van der Waals surface area contributed by atoms with Crippen molar-refractivity contribution in [1.82, 2.24) is 4.98 Å². The molecule has 0 fully saturated rings. The number of hydrogen-bond donors (Lipinski definition) is 2. The average molecular weight is 251 g/mol. The molecular weight excluding hydrogens is 241 g/mol. The largest absolute Gasteiger partial charge is 0.444 e. The van der Waals surface area contributed by atoms with E-state index in [0.29, 0.717) is 22.9 Å². The van der Waals surface area contributed by atoms with E-state index in [0.717, 1.165) is 0 Å². The number of rotatable bonds is 3. The van der Waals surface area contributed by atoms with Gasteiger partial charge < -0.3 is 10.2 Å². The molecule has 0 aliphatic carbocycles. The van der Waals surface area contributed by atoms with Gasteiger partial charge in [-0.2, -0.15) is 0 Å². The fourth-order valence-electron chi connectivity index (χ4n) is 1.25. The smallest absolute Gasteiger partial charge is 0.226 e. The molecule has 0 spiro atoms. The zero-order valence-corrected chi connectivity index (χ0v) is 9.63. The molecule has 1 aromatic carbocycles. The summed E-state index contributed by atoms with van der Waals surface area (Å²) in [6, 6.07) is 5.90. The maximum Gasteiger partial charge on any atom is 0.226 e. The van der Waals surface area contributed by atoms with Crippen molar-refractivity contribution in [2.45, 2.75) is 5.75 Å². The van der Waals surface area contributed by atoms with Gasteiger partial charge in [-0.1, -0.05) is 11.8 Å². The van der Waals surface area contributed by atoms with Crippen molar-refractivity contribution in [2.24, 2.45) is 5.73 Å². The van der Waals surface area contributed by atoms with Gasteiger partial charge in [-0.15, -0.1) is 0 Å². The topological polar surface area (TPSA) is 75.9 Å². The summed E-state index contributed by atoms with van der Waals surface area (Å²) in [4.78, 5) is 4.22. The predicted molar refractivity (Wildman–Crippen MR) is 65.1 cm³/mol. The van der Waals surface area contributed by atoms with Crippen molar-refractivity contribution in [3.05, 3.63) is 42.0 Å². The molecule has 0 aliphatic rings. The highest BCUT2D eigenvalue weighted by molar-refractivity contribution is 8.13. The molecule has 0 saturated heterocycles. The normalized spacial score (nSPS) is 10.4. The van der Waals surface area contributed by atoms with Crippen LogP contribution < -0.4 is 5.73 Å². The number of nitrogens with zero attached hydrogens (tertiary/aromatic N) is 1. The van der Waals surface area contributed by atoms with Crippen LogP contribution in [0.4, 0.5) is 4.39 Å². The highest BCUT2D eigenvalue weighted by Gasteiger charge is 2.07. The molecular formula is C11H10FN3OS. The Hall–Kier alpha value is -1.82. The van der Waals surface area contributed by atoms with Crippen molar-refractivity contribution in [3.63, 3.8) is 0 Å². The number of nitrogens with two attached hydrogens (primary N) is 1. The summed E-state index contributed by atoms with van der Waals surface area (Å²) in [5.41, 5.74) is 6.63. The van der Waals surface area contributed by atoms with Crippen LogP contribution in [0.2, 0.25) is 0 Å². The highest BCUT2D eigenvalue weighted by atomic mass is 32.2. The molecule has 0 radical (unpaired) electrons. The summed E-state index contributed by atoms with van der Waals surface area (Å²) in [7, 11) is 0. The van der Waals surface area contributed by atoms with Crippen LogP contribution in [-0.4, -0.2) is 10.2 Å². The van der Waals surface area contributed by atoms with Gasteiger partial charge in [0.15, 0.2) is 5.17 Å². The minimum atomic E-state index is -0.298. The van der Waals surface area contributed by atoms with Gasteiger partial charge in [-0.3, -0.25) is 5.41 Å². The van der Waals surface area contributed by atoms with Crippen molar-refractivity contribution in [1.29, 1.82) is 5.41 Å². The van der Waals surface area contributed by atoms with Gasteiger partial charge in [0, 0.05) is 11.3 Å². The van der Waals surface area contributed by atoms with Crippen LogP contribution in [0.3, 0.4) is 0 Å². The van der Waals surface area contributed by atoms with E-state index in [1.165, 1.54) is 30.2 Å². The Labute approximate surface area is 102 Å². The molecule has 0 atom stereocenters. The molecule has 0 saturated carbocycles. The first kappa shape index (κ1) is 11.7. The first-order chi connectivity index (χ1) is 8.15. The monoisotopic (exact) mass is 251 g/mol. The molecule has 88 valence electrons. The van der Waals surface area contributed by atoms with Crippen molar-refractivity contribution < 1.29 is 8.81 Å². The first-order valence-corrected chi connectivity index (χ1v) is 5.81. The third-order valence-corrected chi connectivity index (χ3v) is 2.77. The molecule has 0 unspecified atom stereocenters. The van der Waals surface area contributed by atoms with Crippen LogP contribution in [-0.2, 0) is 5.75 Å². The lowest BCUT2D eigenvalue weighted by Crippen LogP contribution is -2.03. The molecule has 0 amide bonds. The fourth-order valence-corrected chi connectivity index (χ4v) is 1.69. The molecule has 6 heteroatoms. The van der Waals surface area contributed by atoms with Gasteiger partial charge >= 0.3 is 0 Å². The third kappa shape index (κ3) is 3.07. The quantitative estimate of drug-likeness (QED) is 0.649. The van der Waals surface area contributed by atoms with Crippen LogP contribution in [0, 0.1) is 11.2 Å². The number of nitrogens with one attached hydrogen (secondary N) is 1. The van der Waals surface area contributed by atoms with Gasteiger partial charge in [0.2, 0.25) is 5.89 Å².